The number of benzene rings is 4. The molecule has 0 aliphatic rings. The molecule has 0 saturated heterocycles. The van der Waals surface area contributed by atoms with Gasteiger partial charge < -0.3 is 0 Å². The van der Waals surface area contributed by atoms with E-state index in [1.54, 1.807) is 0 Å². The molecular formula is C29H28P2. The first-order valence-corrected chi connectivity index (χ1v) is 13.3. The number of rotatable bonds is 7. The van der Waals surface area contributed by atoms with E-state index in [1.807, 2.05) is 18.2 Å². The van der Waals surface area contributed by atoms with Crippen molar-refractivity contribution in [3.05, 3.63) is 146 Å². The van der Waals surface area contributed by atoms with Crippen LogP contribution in [0.5, 0.6) is 0 Å². The highest BCUT2D eigenvalue weighted by Crippen LogP contribution is 2.34. The Morgan fingerprint density at radius 1 is 0.484 bits per heavy atom. The van der Waals surface area contributed by atoms with Crippen LogP contribution in [0, 0.1) is 0 Å². The van der Waals surface area contributed by atoms with E-state index in [2.05, 4.69) is 128 Å². The van der Waals surface area contributed by atoms with Gasteiger partial charge in [0.25, 0.3) is 0 Å². The molecule has 4 aromatic carbocycles. The predicted octanol–water partition coefficient (Wildman–Crippen LogP) is 6.57. The minimum atomic E-state index is -0.385. The van der Waals surface area contributed by atoms with Crippen LogP contribution < -0.4 is 21.2 Å². The van der Waals surface area contributed by atoms with Gasteiger partial charge in [-0.05, 0) is 43.2 Å². The molecule has 0 amide bonds. The zero-order chi connectivity index (χ0) is 21.7. The van der Waals surface area contributed by atoms with Gasteiger partial charge in [0.05, 0.1) is 0 Å². The fourth-order valence-electron chi connectivity index (χ4n) is 3.24. The Kier molecular flexibility index (Phi) is 9.46. The molecule has 0 aliphatic heterocycles. The van der Waals surface area contributed by atoms with Gasteiger partial charge in [-0.2, -0.15) is 0 Å². The quantitative estimate of drug-likeness (QED) is 0.226. The van der Waals surface area contributed by atoms with Crippen molar-refractivity contribution in [2.75, 3.05) is 6.16 Å². The van der Waals surface area contributed by atoms with Gasteiger partial charge in [-0.3, -0.25) is 0 Å². The lowest BCUT2D eigenvalue weighted by Gasteiger charge is -2.16. The van der Waals surface area contributed by atoms with E-state index < -0.39 is 0 Å². The molecule has 2 heteroatoms. The van der Waals surface area contributed by atoms with Gasteiger partial charge in [0.2, 0.25) is 0 Å². The first-order chi connectivity index (χ1) is 15.3. The van der Waals surface area contributed by atoms with Crippen LogP contribution in [0.2, 0.25) is 0 Å². The van der Waals surface area contributed by atoms with Crippen LogP contribution in [0.3, 0.4) is 0 Å². The van der Waals surface area contributed by atoms with Gasteiger partial charge in [0.15, 0.2) is 0 Å². The van der Waals surface area contributed by atoms with E-state index in [0.717, 1.165) is 6.16 Å². The third-order valence-electron chi connectivity index (χ3n) is 4.70. The van der Waals surface area contributed by atoms with Crippen molar-refractivity contribution in [3.63, 3.8) is 0 Å². The summed E-state index contributed by atoms with van der Waals surface area (Å²) in [5.74, 6) is 2.06. The van der Waals surface area contributed by atoms with Crippen LogP contribution in [0.4, 0.5) is 0 Å². The summed E-state index contributed by atoms with van der Waals surface area (Å²) in [6, 6.07) is 42.5. The molecule has 4 aromatic rings. The largest absolute Gasteiger partial charge is 0.103 e. The van der Waals surface area contributed by atoms with Gasteiger partial charge in [-0.1, -0.05) is 140 Å². The van der Waals surface area contributed by atoms with Gasteiger partial charge in [0.1, 0.15) is 0 Å². The second kappa shape index (κ2) is 12.8. The lowest BCUT2D eigenvalue weighted by molar-refractivity contribution is 1.71. The zero-order valence-electron chi connectivity index (χ0n) is 17.7. The lowest BCUT2D eigenvalue weighted by Crippen LogP contribution is -2.12. The molecule has 31 heavy (non-hydrogen) atoms. The smallest absolute Gasteiger partial charge is 0.00669 e. The summed E-state index contributed by atoms with van der Waals surface area (Å²) in [6.07, 6.45) is 3.06. The maximum atomic E-state index is 3.94. The normalized spacial score (nSPS) is 10.3. The Labute approximate surface area is 189 Å². The van der Waals surface area contributed by atoms with Crippen LogP contribution in [0.15, 0.2) is 146 Å². The second-order valence-corrected chi connectivity index (χ2v) is 11.2. The van der Waals surface area contributed by atoms with Crippen molar-refractivity contribution in [2.24, 2.45) is 0 Å². The van der Waals surface area contributed by atoms with E-state index in [4.69, 9.17) is 0 Å². The summed E-state index contributed by atoms with van der Waals surface area (Å²) < 4.78 is 0. The summed E-state index contributed by atoms with van der Waals surface area (Å²) in [5.41, 5.74) is 0. The molecule has 0 spiro atoms. The number of allylic oxidation sites excluding steroid dienone is 1. The van der Waals surface area contributed by atoms with Gasteiger partial charge >= 0.3 is 0 Å². The van der Waals surface area contributed by atoms with E-state index >= 15 is 0 Å². The SMILES string of the molecule is C=CCP(c1ccccc1)c1ccccc1.C=CP(c1ccccc1)c1ccccc1. The average molecular weight is 438 g/mol. The average Bonchev–Trinajstić information content (AvgIpc) is 2.86. The molecule has 0 bridgehead atoms. The summed E-state index contributed by atoms with van der Waals surface area (Å²) >= 11 is 0. The minimum absolute atomic E-state index is 0.269. The molecule has 0 aromatic heterocycles. The van der Waals surface area contributed by atoms with Crippen molar-refractivity contribution >= 4 is 37.1 Å². The molecule has 0 unspecified atom stereocenters. The van der Waals surface area contributed by atoms with Crippen molar-refractivity contribution < 1.29 is 0 Å². The van der Waals surface area contributed by atoms with Crippen LogP contribution in [0.25, 0.3) is 0 Å². The van der Waals surface area contributed by atoms with Crippen LogP contribution >= 0.6 is 15.8 Å². The van der Waals surface area contributed by atoms with Crippen LogP contribution in [0.1, 0.15) is 0 Å². The molecule has 0 nitrogen and oxygen atoms in total. The zero-order valence-corrected chi connectivity index (χ0v) is 19.5. The lowest BCUT2D eigenvalue weighted by atomic mass is 10.4. The first kappa shape index (κ1) is 22.9. The summed E-state index contributed by atoms with van der Waals surface area (Å²) in [6.45, 7) is 7.81. The van der Waals surface area contributed by atoms with Gasteiger partial charge in [-0.25, -0.2) is 0 Å². The van der Waals surface area contributed by atoms with E-state index in [9.17, 15) is 0 Å². The summed E-state index contributed by atoms with van der Waals surface area (Å²) in [5, 5.41) is 5.55. The molecule has 0 radical (unpaired) electrons. The van der Waals surface area contributed by atoms with E-state index in [1.165, 1.54) is 21.2 Å². The molecular weight excluding hydrogens is 410 g/mol. The van der Waals surface area contributed by atoms with Crippen molar-refractivity contribution in [1.82, 2.24) is 0 Å². The maximum Gasteiger partial charge on any atom is -0.00669 e. The molecule has 0 saturated carbocycles. The molecule has 0 atom stereocenters. The molecule has 4 rings (SSSR count). The molecule has 0 N–H and O–H groups in total. The molecule has 154 valence electrons. The molecule has 0 aliphatic carbocycles. The van der Waals surface area contributed by atoms with Gasteiger partial charge in [-0.15, -0.1) is 6.58 Å². The topological polar surface area (TPSA) is 0 Å². The Morgan fingerprint density at radius 2 is 0.806 bits per heavy atom. The monoisotopic (exact) mass is 438 g/mol. The van der Waals surface area contributed by atoms with Crippen molar-refractivity contribution in [3.8, 4) is 0 Å². The summed E-state index contributed by atoms with van der Waals surface area (Å²) in [4.78, 5) is 0. The maximum absolute atomic E-state index is 3.94. The fraction of sp³-hybridized carbons (Fsp3) is 0.0345. The predicted molar refractivity (Wildman–Crippen MR) is 143 cm³/mol. The standard InChI is InChI=1S/C15H15P.C14H13P/c1-2-13-16(14-9-5-3-6-10-14)15-11-7-4-8-12-15;1-2-15(13-9-5-3-6-10-13)14-11-7-4-8-12-14/h2-12H,1,13H2;2-12H,1H2. The highest BCUT2D eigenvalue weighted by molar-refractivity contribution is 7.75. The van der Waals surface area contributed by atoms with E-state index in [-0.39, 0.29) is 15.8 Å². The van der Waals surface area contributed by atoms with Crippen molar-refractivity contribution in [1.29, 1.82) is 0 Å². The first-order valence-electron chi connectivity index (χ1n) is 10.3. The Bertz CT molecular complexity index is 950. The Morgan fingerprint density at radius 3 is 1.10 bits per heavy atom. The fourth-order valence-corrected chi connectivity index (χ4v) is 6.99. The number of hydrogen-bond donors (Lipinski definition) is 0. The highest BCUT2D eigenvalue weighted by Gasteiger charge is 2.10. The molecule has 0 fully saturated rings. The second-order valence-electron chi connectivity index (χ2n) is 6.79. The van der Waals surface area contributed by atoms with Crippen molar-refractivity contribution in [2.45, 2.75) is 0 Å². The van der Waals surface area contributed by atoms with E-state index in [0.29, 0.717) is 0 Å². The Hall–Kier alpha value is -2.78. The third-order valence-corrected chi connectivity index (χ3v) is 9.24. The minimum Gasteiger partial charge on any atom is -0.103 e. The highest BCUT2D eigenvalue weighted by atomic mass is 31.1. The number of hydrogen-bond acceptors (Lipinski definition) is 0. The van der Waals surface area contributed by atoms with Gasteiger partial charge in [0, 0.05) is 0 Å². The van der Waals surface area contributed by atoms with Crippen LogP contribution in [-0.2, 0) is 0 Å². The van der Waals surface area contributed by atoms with Crippen LogP contribution in [-0.4, -0.2) is 6.16 Å². The Balaban J connectivity index is 0.000000176. The third kappa shape index (κ3) is 6.86. The molecule has 0 heterocycles. The summed E-state index contributed by atoms with van der Waals surface area (Å²) in [7, 11) is -0.654.